The van der Waals surface area contributed by atoms with Gasteiger partial charge in [0.2, 0.25) is 0 Å². The lowest BCUT2D eigenvalue weighted by molar-refractivity contribution is -0.384. The van der Waals surface area contributed by atoms with E-state index in [2.05, 4.69) is 5.32 Å². The van der Waals surface area contributed by atoms with Crippen LogP contribution in [-0.4, -0.2) is 17.4 Å². The quantitative estimate of drug-likeness (QED) is 0.681. The van der Waals surface area contributed by atoms with Crippen molar-refractivity contribution in [2.75, 3.05) is 6.54 Å². The highest BCUT2D eigenvalue weighted by Crippen LogP contribution is 2.15. The van der Waals surface area contributed by atoms with E-state index in [1.165, 1.54) is 12.1 Å². The fraction of sp³-hybridized carbons (Fsp3) is 0.133. The summed E-state index contributed by atoms with van der Waals surface area (Å²) in [6.45, 7) is 0.432. The van der Waals surface area contributed by atoms with Gasteiger partial charge in [-0.3, -0.25) is 14.9 Å². The molecule has 1 N–H and O–H groups in total. The smallest absolute Gasteiger partial charge is 0.269 e. The average Bonchev–Trinajstić information content (AvgIpc) is 2.48. The van der Waals surface area contributed by atoms with Crippen LogP contribution >= 0.6 is 11.6 Å². The molecule has 2 aromatic carbocycles. The third-order valence-electron chi connectivity index (χ3n) is 2.96. The van der Waals surface area contributed by atoms with E-state index in [1.807, 2.05) is 0 Å². The van der Waals surface area contributed by atoms with Crippen molar-refractivity contribution in [3.8, 4) is 0 Å². The summed E-state index contributed by atoms with van der Waals surface area (Å²) in [4.78, 5) is 22.0. The molecule has 0 bridgehead atoms. The Labute approximate surface area is 126 Å². The molecule has 6 heteroatoms. The highest BCUT2D eigenvalue weighted by molar-refractivity contribution is 6.33. The minimum Gasteiger partial charge on any atom is -0.352 e. The van der Waals surface area contributed by atoms with Crippen molar-refractivity contribution in [1.29, 1.82) is 0 Å². The van der Waals surface area contributed by atoms with Gasteiger partial charge in [-0.1, -0.05) is 35.9 Å². The molecule has 0 radical (unpaired) electrons. The summed E-state index contributed by atoms with van der Waals surface area (Å²) in [5.74, 6) is -0.234. The van der Waals surface area contributed by atoms with Crippen LogP contribution in [0.1, 0.15) is 15.9 Å². The van der Waals surface area contributed by atoms with E-state index in [0.29, 0.717) is 23.6 Å². The first-order valence-electron chi connectivity index (χ1n) is 6.34. The molecule has 2 rings (SSSR count). The lowest BCUT2D eigenvalue weighted by Crippen LogP contribution is -2.25. The number of benzene rings is 2. The van der Waals surface area contributed by atoms with E-state index in [-0.39, 0.29) is 11.6 Å². The summed E-state index contributed by atoms with van der Waals surface area (Å²) in [6, 6.07) is 13.1. The molecular formula is C15H13ClN2O3. The average molecular weight is 305 g/mol. The van der Waals surface area contributed by atoms with Gasteiger partial charge in [0.05, 0.1) is 15.5 Å². The Balaban J connectivity index is 1.88. The number of halogens is 1. The van der Waals surface area contributed by atoms with E-state index < -0.39 is 4.92 Å². The Hall–Kier alpha value is -2.40. The molecule has 0 fully saturated rings. The Morgan fingerprint density at radius 1 is 1.14 bits per heavy atom. The maximum absolute atomic E-state index is 11.9. The third-order valence-corrected chi connectivity index (χ3v) is 3.29. The zero-order valence-corrected chi connectivity index (χ0v) is 11.8. The van der Waals surface area contributed by atoms with E-state index in [9.17, 15) is 14.9 Å². The van der Waals surface area contributed by atoms with Crippen LogP contribution in [0.15, 0.2) is 48.5 Å². The Kier molecular flexibility index (Phi) is 4.90. The molecule has 0 aliphatic heterocycles. The molecule has 0 aliphatic rings. The van der Waals surface area contributed by atoms with Crippen LogP contribution in [0.3, 0.4) is 0 Å². The number of nitro groups is 1. The number of amides is 1. The monoisotopic (exact) mass is 304 g/mol. The number of nitrogens with zero attached hydrogens (tertiary/aromatic N) is 1. The first-order chi connectivity index (χ1) is 10.1. The van der Waals surface area contributed by atoms with Crippen molar-refractivity contribution in [3.05, 3.63) is 74.8 Å². The van der Waals surface area contributed by atoms with Crippen LogP contribution in [0, 0.1) is 10.1 Å². The SMILES string of the molecule is O=C(NCCc1ccc([N+](=O)[O-])cc1)c1ccccc1Cl. The normalized spacial score (nSPS) is 10.1. The predicted octanol–water partition coefficient (Wildman–Crippen LogP) is 3.22. The van der Waals surface area contributed by atoms with E-state index in [4.69, 9.17) is 11.6 Å². The van der Waals surface area contributed by atoms with E-state index in [0.717, 1.165) is 5.56 Å². The number of hydrogen-bond donors (Lipinski definition) is 1. The van der Waals surface area contributed by atoms with E-state index >= 15 is 0 Å². The zero-order chi connectivity index (χ0) is 15.2. The highest BCUT2D eigenvalue weighted by Gasteiger charge is 2.09. The Morgan fingerprint density at radius 2 is 1.81 bits per heavy atom. The van der Waals surface area contributed by atoms with Crippen molar-refractivity contribution in [1.82, 2.24) is 5.32 Å². The fourth-order valence-electron chi connectivity index (χ4n) is 1.85. The summed E-state index contributed by atoms with van der Waals surface area (Å²) in [5.41, 5.74) is 1.40. The standard InChI is InChI=1S/C15H13ClN2O3/c16-14-4-2-1-3-13(14)15(19)17-10-9-11-5-7-12(8-6-11)18(20)21/h1-8H,9-10H2,(H,17,19). The maximum atomic E-state index is 11.9. The van der Waals surface area contributed by atoms with Crippen molar-refractivity contribution >= 4 is 23.2 Å². The van der Waals surface area contributed by atoms with Crippen molar-refractivity contribution in [3.63, 3.8) is 0 Å². The Morgan fingerprint density at radius 3 is 2.43 bits per heavy atom. The fourth-order valence-corrected chi connectivity index (χ4v) is 2.07. The molecule has 0 aliphatic carbocycles. The predicted molar refractivity (Wildman–Crippen MR) is 80.6 cm³/mol. The molecule has 0 spiro atoms. The number of carbonyl (C=O) groups is 1. The number of rotatable bonds is 5. The highest BCUT2D eigenvalue weighted by atomic mass is 35.5. The number of non-ortho nitro benzene ring substituents is 1. The maximum Gasteiger partial charge on any atom is 0.269 e. The molecule has 108 valence electrons. The molecule has 0 aromatic heterocycles. The van der Waals surface area contributed by atoms with Gasteiger partial charge in [-0.15, -0.1) is 0 Å². The third kappa shape index (κ3) is 4.03. The van der Waals surface area contributed by atoms with Crippen LogP contribution in [0.25, 0.3) is 0 Å². The number of carbonyl (C=O) groups excluding carboxylic acids is 1. The molecule has 0 saturated carbocycles. The molecule has 2 aromatic rings. The second-order valence-corrected chi connectivity index (χ2v) is 4.82. The molecule has 0 unspecified atom stereocenters. The van der Waals surface area contributed by atoms with Gasteiger partial charge in [0.1, 0.15) is 0 Å². The number of hydrogen-bond acceptors (Lipinski definition) is 3. The Bertz CT molecular complexity index is 656. The molecule has 0 atom stereocenters. The van der Waals surface area contributed by atoms with Crippen LogP contribution in [0.4, 0.5) is 5.69 Å². The van der Waals surface area contributed by atoms with Crippen LogP contribution in [0.5, 0.6) is 0 Å². The minimum atomic E-state index is -0.442. The van der Waals surface area contributed by atoms with E-state index in [1.54, 1.807) is 36.4 Å². The summed E-state index contributed by atoms with van der Waals surface area (Å²) in [5, 5.41) is 13.7. The van der Waals surface area contributed by atoms with Gasteiger partial charge in [0.25, 0.3) is 11.6 Å². The largest absolute Gasteiger partial charge is 0.352 e. The van der Waals surface area contributed by atoms with Crippen LogP contribution in [0.2, 0.25) is 5.02 Å². The lowest BCUT2D eigenvalue weighted by Gasteiger charge is -2.06. The molecule has 5 nitrogen and oxygen atoms in total. The summed E-state index contributed by atoms with van der Waals surface area (Å²) in [6.07, 6.45) is 0.591. The van der Waals surface area contributed by atoms with Gasteiger partial charge < -0.3 is 5.32 Å². The second-order valence-electron chi connectivity index (χ2n) is 4.41. The van der Waals surface area contributed by atoms with Gasteiger partial charge in [-0.2, -0.15) is 0 Å². The summed E-state index contributed by atoms with van der Waals surface area (Å²) in [7, 11) is 0. The molecule has 1 amide bonds. The van der Waals surface area contributed by atoms with Gasteiger partial charge in [-0.05, 0) is 24.1 Å². The molecular weight excluding hydrogens is 292 g/mol. The van der Waals surface area contributed by atoms with Gasteiger partial charge in [0.15, 0.2) is 0 Å². The first-order valence-corrected chi connectivity index (χ1v) is 6.72. The van der Waals surface area contributed by atoms with Gasteiger partial charge in [-0.25, -0.2) is 0 Å². The summed E-state index contributed by atoms with van der Waals surface area (Å²) >= 11 is 5.94. The second kappa shape index (κ2) is 6.85. The van der Waals surface area contributed by atoms with Crippen LogP contribution < -0.4 is 5.32 Å². The van der Waals surface area contributed by atoms with Gasteiger partial charge >= 0.3 is 0 Å². The van der Waals surface area contributed by atoms with Crippen molar-refractivity contribution in [2.45, 2.75) is 6.42 Å². The first kappa shape index (κ1) is 15.0. The molecule has 21 heavy (non-hydrogen) atoms. The summed E-state index contributed by atoms with van der Waals surface area (Å²) < 4.78 is 0. The number of nitro benzene ring substituents is 1. The zero-order valence-electron chi connectivity index (χ0n) is 11.1. The van der Waals surface area contributed by atoms with Crippen molar-refractivity contribution < 1.29 is 9.72 Å². The van der Waals surface area contributed by atoms with Gasteiger partial charge in [0, 0.05) is 18.7 Å². The molecule has 0 saturated heterocycles. The number of nitrogens with one attached hydrogen (secondary N) is 1. The minimum absolute atomic E-state index is 0.0545. The van der Waals surface area contributed by atoms with Crippen molar-refractivity contribution in [2.24, 2.45) is 0 Å². The molecule has 0 heterocycles. The lowest BCUT2D eigenvalue weighted by atomic mass is 10.1. The van der Waals surface area contributed by atoms with Crippen LogP contribution in [-0.2, 0) is 6.42 Å². The topological polar surface area (TPSA) is 72.2 Å².